The van der Waals surface area contributed by atoms with Gasteiger partial charge in [-0.2, -0.15) is 0 Å². The molecule has 3 rings (SSSR count). The second kappa shape index (κ2) is 7.48. The zero-order valence-electron chi connectivity index (χ0n) is 14.7. The highest BCUT2D eigenvalue weighted by Crippen LogP contribution is 2.25. The lowest BCUT2D eigenvalue weighted by Gasteiger charge is -2.13. The second-order valence-corrected chi connectivity index (χ2v) is 7.69. The lowest BCUT2D eigenvalue weighted by Crippen LogP contribution is -2.24. The van der Waals surface area contributed by atoms with Crippen LogP contribution in [0.4, 0.5) is 0 Å². The Hall–Kier alpha value is -2.37. The van der Waals surface area contributed by atoms with Gasteiger partial charge < -0.3 is 9.30 Å². The van der Waals surface area contributed by atoms with E-state index in [1.54, 1.807) is 19.1 Å². The number of halogens is 1. The monoisotopic (exact) mass is 387 g/mol. The summed E-state index contributed by atoms with van der Waals surface area (Å²) in [5, 5.41) is 0. The van der Waals surface area contributed by atoms with Crippen molar-refractivity contribution in [2.45, 2.75) is 26.9 Å². The number of ketones is 1. The molecular weight excluding hydrogens is 370 g/mol. The van der Waals surface area contributed by atoms with E-state index in [1.807, 2.05) is 54.8 Å². The lowest BCUT2D eigenvalue weighted by molar-refractivity contribution is 0.0323. The Kier molecular flexibility index (Phi) is 5.30. The molecule has 0 radical (unpaired) electrons. The third-order valence-corrected chi connectivity index (χ3v) is 5.35. The van der Waals surface area contributed by atoms with Gasteiger partial charge in [-0.1, -0.05) is 29.8 Å². The zero-order valence-corrected chi connectivity index (χ0v) is 16.2. The second-order valence-electron chi connectivity index (χ2n) is 5.97. The van der Waals surface area contributed by atoms with Gasteiger partial charge in [0.05, 0.1) is 4.34 Å². The minimum atomic E-state index is -0.881. The van der Waals surface area contributed by atoms with Crippen molar-refractivity contribution in [3.8, 4) is 5.69 Å². The van der Waals surface area contributed by atoms with Crippen LogP contribution in [0.15, 0.2) is 48.5 Å². The average molecular weight is 388 g/mol. The molecular formula is C20H18ClNO3S. The van der Waals surface area contributed by atoms with Gasteiger partial charge in [0.25, 0.3) is 0 Å². The number of nitrogens with zero attached hydrogens (tertiary/aromatic N) is 1. The van der Waals surface area contributed by atoms with Crippen LogP contribution < -0.4 is 0 Å². The fourth-order valence-corrected chi connectivity index (χ4v) is 3.83. The van der Waals surface area contributed by atoms with Crippen LogP contribution in [0.25, 0.3) is 5.69 Å². The SMILES string of the molecule is Cc1cc(C(=O)[C@@H](C)OC(=O)c2ccc(Cl)s2)c(C)n1-c1ccccc1. The molecule has 1 aromatic carbocycles. The summed E-state index contributed by atoms with van der Waals surface area (Å²) in [5.74, 6) is -0.768. The van der Waals surface area contributed by atoms with Crippen LogP contribution in [0.3, 0.4) is 0 Å². The first-order valence-electron chi connectivity index (χ1n) is 8.13. The van der Waals surface area contributed by atoms with Crippen LogP contribution in [0, 0.1) is 13.8 Å². The van der Waals surface area contributed by atoms with E-state index in [9.17, 15) is 9.59 Å². The summed E-state index contributed by atoms with van der Waals surface area (Å²) in [6.45, 7) is 5.42. The third-order valence-electron chi connectivity index (χ3n) is 4.14. The van der Waals surface area contributed by atoms with E-state index in [2.05, 4.69) is 0 Å². The van der Waals surface area contributed by atoms with Crippen molar-refractivity contribution in [1.29, 1.82) is 0 Å². The summed E-state index contributed by atoms with van der Waals surface area (Å²) in [4.78, 5) is 25.4. The molecule has 0 fully saturated rings. The van der Waals surface area contributed by atoms with Gasteiger partial charge in [-0.15, -0.1) is 11.3 Å². The van der Waals surface area contributed by atoms with E-state index in [0.717, 1.165) is 28.4 Å². The molecule has 0 amide bonds. The Morgan fingerprint density at radius 3 is 2.42 bits per heavy atom. The summed E-state index contributed by atoms with van der Waals surface area (Å²) in [6, 6.07) is 14.9. The van der Waals surface area contributed by atoms with Gasteiger partial charge in [0.2, 0.25) is 5.78 Å². The van der Waals surface area contributed by atoms with Crippen molar-refractivity contribution in [3.63, 3.8) is 0 Å². The van der Waals surface area contributed by atoms with Crippen LogP contribution in [0.2, 0.25) is 4.34 Å². The summed E-state index contributed by atoms with van der Waals surface area (Å²) in [6.07, 6.45) is -0.881. The minimum absolute atomic E-state index is 0.226. The molecule has 0 saturated heterocycles. The molecule has 26 heavy (non-hydrogen) atoms. The molecule has 2 aromatic heterocycles. The van der Waals surface area contributed by atoms with Gasteiger partial charge >= 0.3 is 5.97 Å². The molecule has 0 bridgehead atoms. The molecule has 0 unspecified atom stereocenters. The number of hydrogen-bond donors (Lipinski definition) is 0. The van der Waals surface area contributed by atoms with Crippen molar-refractivity contribution in [2.75, 3.05) is 0 Å². The molecule has 0 saturated carbocycles. The third kappa shape index (κ3) is 3.59. The average Bonchev–Trinajstić information content (AvgIpc) is 3.18. The van der Waals surface area contributed by atoms with E-state index in [4.69, 9.17) is 16.3 Å². The maximum Gasteiger partial charge on any atom is 0.349 e. The number of benzene rings is 1. The topological polar surface area (TPSA) is 48.3 Å². The Morgan fingerprint density at radius 1 is 1.12 bits per heavy atom. The van der Waals surface area contributed by atoms with Crippen molar-refractivity contribution >= 4 is 34.7 Å². The number of ether oxygens (including phenoxy) is 1. The Bertz CT molecular complexity index is 959. The first-order chi connectivity index (χ1) is 12.4. The van der Waals surface area contributed by atoms with Gasteiger partial charge in [-0.05, 0) is 51.1 Å². The van der Waals surface area contributed by atoms with E-state index in [-0.39, 0.29) is 5.78 Å². The molecule has 1 atom stereocenters. The van der Waals surface area contributed by atoms with Crippen LogP contribution >= 0.6 is 22.9 Å². The summed E-state index contributed by atoms with van der Waals surface area (Å²) in [5.41, 5.74) is 3.30. The Labute approximate surface area is 161 Å². The highest BCUT2D eigenvalue weighted by atomic mass is 35.5. The number of para-hydroxylation sites is 1. The van der Waals surface area contributed by atoms with Crippen molar-refractivity contribution in [1.82, 2.24) is 4.57 Å². The first kappa shape index (κ1) is 18.4. The quantitative estimate of drug-likeness (QED) is 0.444. The van der Waals surface area contributed by atoms with E-state index in [1.165, 1.54) is 0 Å². The highest BCUT2D eigenvalue weighted by Gasteiger charge is 2.25. The molecule has 3 aromatic rings. The summed E-state index contributed by atoms with van der Waals surface area (Å²) in [7, 11) is 0. The number of thiophene rings is 1. The molecule has 0 spiro atoms. The van der Waals surface area contributed by atoms with E-state index in [0.29, 0.717) is 14.8 Å². The number of esters is 1. The normalized spacial score (nSPS) is 12.0. The molecule has 134 valence electrons. The van der Waals surface area contributed by atoms with E-state index >= 15 is 0 Å². The fourth-order valence-electron chi connectivity index (χ4n) is 2.90. The van der Waals surface area contributed by atoms with Gasteiger partial charge in [0.1, 0.15) is 4.88 Å². The lowest BCUT2D eigenvalue weighted by atomic mass is 10.1. The molecule has 0 aliphatic carbocycles. The van der Waals surface area contributed by atoms with Crippen LogP contribution in [0.5, 0.6) is 0 Å². The predicted molar refractivity (Wildman–Crippen MR) is 104 cm³/mol. The Balaban J connectivity index is 1.83. The maximum absolute atomic E-state index is 12.8. The van der Waals surface area contributed by atoms with Gasteiger partial charge in [0.15, 0.2) is 6.10 Å². The summed E-state index contributed by atoms with van der Waals surface area (Å²) >= 11 is 6.97. The molecule has 4 nitrogen and oxygen atoms in total. The van der Waals surface area contributed by atoms with E-state index < -0.39 is 12.1 Å². The highest BCUT2D eigenvalue weighted by molar-refractivity contribution is 7.17. The fraction of sp³-hybridized carbons (Fsp3) is 0.200. The van der Waals surface area contributed by atoms with Crippen molar-refractivity contribution < 1.29 is 14.3 Å². The van der Waals surface area contributed by atoms with Gasteiger partial charge in [-0.25, -0.2) is 4.79 Å². The maximum atomic E-state index is 12.8. The van der Waals surface area contributed by atoms with Crippen molar-refractivity contribution in [2.24, 2.45) is 0 Å². The first-order valence-corrected chi connectivity index (χ1v) is 9.33. The standard InChI is InChI=1S/C20H18ClNO3S/c1-12-11-16(13(2)22(12)15-7-5-4-6-8-15)19(23)14(3)25-20(24)17-9-10-18(21)26-17/h4-11,14H,1-3H3/t14-/m1/s1. The molecule has 6 heteroatoms. The van der Waals surface area contributed by atoms with Crippen LogP contribution in [-0.2, 0) is 4.74 Å². The number of aromatic nitrogens is 1. The smallest absolute Gasteiger partial charge is 0.349 e. The largest absolute Gasteiger partial charge is 0.450 e. The Morgan fingerprint density at radius 2 is 1.81 bits per heavy atom. The van der Waals surface area contributed by atoms with Crippen LogP contribution in [0.1, 0.15) is 38.3 Å². The zero-order chi connectivity index (χ0) is 18.8. The van der Waals surface area contributed by atoms with Gasteiger partial charge in [-0.3, -0.25) is 4.79 Å². The number of rotatable bonds is 5. The predicted octanol–water partition coefficient (Wildman–Crippen LogP) is 5.24. The molecule has 0 aliphatic rings. The minimum Gasteiger partial charge on any atom is -0.450 e. The number of hydrogen-bond acceptors (Lipinski definition) is 4. The van der Waals surface area contributed by atoms with Gasteiger partial charge in [0, 0.05) is 22.6 Å². The van der Waals surface area contributed by atoms with Crippen LogP contribution in [-0.4, -0.2) is 22.4 Å². The van der Waals surface area contributed by atoms with Crippen molar-refractivity contribution in [3.05, 3.63) is 74.7 Å². The molecule has 0 N–H and O–H groups in total. The summed E-state index contributed by atoms with van der Waals surface area (Å²) < 4.78 is 7.85. The number of carbonyl (C=O) groups is 2. The number of aryl methyl sites for hydroxylation is 1. The molecule has 0 aliphatic heterocycles. The number of carbonyl (C=O) groups excluding carboxylic acids is 2. The molecule has 2 heterocycles. The number of Topliss-reactive ketones (excluding diaryl/α,β-unsaturated/α-hetero) is 1.